The first-order chi connectivity index (χ1) is 9.13. The van der Waals surface area contributed by atoms with Gasteiger partial charge in [-0.25, -0.2) is 0 Å². The molecule has 0 fully saturated rings. The number of hydrogen-bond donors (Lipinski definition) is 1. The van der Waals surface area contributed by atoms with E-state index in [0.717, 1.165) is 21.6 Å². The Balaban J connectivity index is 2.45. The van der Waals surface area contributed by atoms with Crippen molar-refractivity contribution in [2.24, 2.45) is 0 Å². The molecule has 0 bridgehead atoms. The zero-order valence-electron chi connectivity index (χ0n) is 11.1. The summed E-state index contributed by atoms with van der Waals surface area (Å²) in [6.07, 6.45) is 0. The molecule has 0 saturated heterocycles. The van der Waals surface area contributed by atoms with E-state index in [9.17, 15) is 0 Å². The third kappa shape index (κ3) is 3.38. The number of aryl methyl sites for hydroxylation is 1. The van der Waals surface area contributed by atoms with Crippen LogP contribution in [0.15, 0.2) is 46.9 Å². The second-order valence-electron chi connectivity index (χ2n) is 4.54. The summed E-state index contributed by atoms with van der Waals surface area (Å²) in [5.74, 6) is 0. The third-order valence-electron chi connectivity index (χ3n) is 3.11. The molecule has 19 heavy (non-hydrogen) atoms. The minimum absolute atomic E-state index is 0.121. The van der Waals surface area contributed by atoms with Crippen LogP contribution in [-0.4, -0.2) is 6.54 Å². The molecule has 2 rings (SSSR count). The topological polar surface area (TPSA) is 12.0 Å². The molecule has 0 spiro atoms. The van der Waals surface area contributed by atoms with Gasteiger partial charge in [-0.15, -0.1) is 0 Å². The van der Waals surface area contributed by atoms with Crippen molar-refractivity contribution in [3.8, 4) is 0 Å². The van der Waals surface area contributed by atoms with Crippen molar-refractivity contribution in [3.05, 3.63) is 68.7 Å². The molecule has 1 nitrogen and oxygen atoms in total. The van der Waals surface area contributed by atoms with E-state index in [1.165, 1.54) is 11.1 Å². The maximum Gasteiger partial charge on any atom is 0.0599 e. The fourth-order valence-corrected chi connectivity index (χ4v) is 2.73. The summed E-state index contributed by atoms with van der Waals surface area (Å²) in [5.41, 5.74) is 3.59. The number of nitrogens with one attached hydrogen (secondary N) is 1. The van der Waals surface area contributed by atoms with E-state index in [-0.39, 0.29) is 6.04 Å². The Hall–Kier alpha value is -0.830. The first-order valence-corrected chi connectivity index (χ1v) is 7.54. The molecule has 0 aliphatic carbocycles. The predicted octanol–water partition coefficient (Wildman–Crippen LogP) is 5.11. The van der Waals surface area contributed by atoms with Crippen LogP contribution in [-0.2, 0) is 0 Å². The fourth-order valence-electron chi connectivity index (χ4n) is 2.11. The van der Waals surface area contributed by atoms with Crippen LogP contribution in [0.1, 0.15) is 29.7 Å². The van der Waals surface area contributed by atoms with Crippen molar-refractivity contribution < 1.29 is 0 Å². The summed E-state index contributed by atoms with van der Waals surface area (Å²) in [6, 6.07) is 14.7. The van der Waals surface area contributed by atoms with Crippen molar-refractivity contribution in [2.75, 3.05) is 6.54 Å². The van der Waals surface area contributed by atoms with Crippen LogP contribution < -0.4 is 5.32 Å². The monoisotopic (exact) mass is 337 g/mol. The highest BCUT2D eigenvalue weighted by atomic mass is 79.9. The summed E-state index contributed by atoms with van der Waals surface area (Å²) in [7, 11) is 0. The molecule has 0 amide bonds. The standard InChI is InChI=1S/C16H17BrClN/c1-3-19-16(12-9-7-11(2)8-10-12)13-5-4-6-14(17)15(13)18/h4-10,16,19H,3H2,1-2H3. The Labute approximate surface area is 128 Å². The van der Waals surface area contributed by atoms with Crippen LogP contribution >= 0.6 is 27.5 Å². The summed E-state index contributed by atoms with van der Waals surface area (Å²) in [5, 5.41) is 4.27. The normalized spacial score (nSPS) is 12.4. The van der Waals surface area contributed by atoms with Crippen molar-refractivity contribution >= 4 is 27.5 Å². The molecule has 100 valence electrons. The van der Waals surface area contributed by atoms with E-state index in [4.69, 9.17) is 11.6 Å². The first kappa shape index (κ1) is 14.6. The predicted molar refractivity (Wildman–Crippen MR) is 85.9 cm³/mol. The summed E-state index contributed by atoms with van der Waals surface area (Å²) in [4.78, 5) is 0. The minimum Gasteiger partial charge on any atom is -0.306 e. The summed E-state index contributed by atoms with van der Waals surface area (Å²) in [6.45, 7) is 5.09. The van der Waals surface area contributed by atoms with E-state index >= 15 is 0 Å². The van der Waals surface area contributed by atoms with Crippen LogP contribution in [0.5, 0.6) is 0 Å². The van der Waals surface area contributed by atoms with E-state index in [1.807, 2.05) is 12.1 Å². The Morgan fingerprint density at radius 1 is 1.16 bits per heavy atom. The number of benzene rings is 2. The second-order valence-corrected chi connectivity index (χ2v) is 5.78. The van der Waals surface area contributed by atoms with Gasteiger partial charge < -0.3 is 5.32 Å². The lowest BCUT2D eigenvalue weighted by Gasteiger charge is -2.21. The van der Waals surface area contributed by atoms with Crippen LogP contribution in [0.3, 0.4) is 0 Å². The molecule has 1 atom stereocenters. The van der Waals surface area contributed by atoms with Gasteiger partial charge in [-0.05, 0) is 46.6 Å². The maximum absolute atomic E-state index is 6.42. The molecule has 0 heterocycles. The van der Waals surface area contributed by atoms with Crippen LogP contribution in [0.25, 0.3) is 0 Å². The molecule has 2 aromatic rings. The molecule has 1 N–H and O–H groups in total. The van der Waals surface area contributed by atoms with Gasteiger partial charge in [0.05, 0.1) is 11.1 Å². The summed E-state index contributed by atoms with van der Waals surface area (Å²) >= 11 is 9.91. The van der Waals surface area contributed by atoms with Gasteiger partial charge in [0.25, 0.3) is 0 Å². The van der Waals surface area contributed by atoms with E-state index in [0.29, 0.717) is 0 Å². The Bertz CT molecular complexity index is 551. The Morgan fingerprint density at radius 3 is 2.47 bits per heavy atom. The van der Waals surface area contributed by atoms with Gasteiger partial charge in [-0.2, -0.15) is 0 Å². The van der Waals surface area contributed by atoms with Crippen LogP contribution in [0, 0.1) is 6.92 Å². The van der Waals surface area contributed by atoms with E-state index < -0.39 is 0 Å². The molecule has 0 radical (unpaired) electrons. The van der Waals surface area contributed by atoms with Crippen LogP contribution in [0.4, 0.5) is 0 Å². The lowest BCUT2D eigenvalue weighted by atomic mass is 9.98. The van der Waals surface area contributed by atoms with Crippen molar-refractivity contribution in [1.29, 1.82) is 0 Å². The fraction of sp³-hybridized carbons (Fsp3) is 0.250. The van der Waals surface area contributed by atoms with E-state index in [1.54, 1.807) is 0 Å². The molecule has 1 unspecified atom stereocenters. The summed E-state index contributed by atoms with van der Waals surface area (Å²) < 4.78 is 0.932. The lowest BCUT2D eigenvalue weighted by Crippen LogP contribution is -2.22. The minimum atomic E-state index is 0.121. The quantitative estimate of drug-likeness (QED) is 0.817. The van der Waals surface area contributed by atoms with Gasteiger partial charge in [-0.3, -0.25) is 0 Å². The van der Waals surface area contributed by atoms with Gasteiger partial charge in [-0.1, -0.05) is 60.5 Å². The highest BCUT2D eigenvalue weighted by Crippen LogP contribution is 2.33. The average molecular weight is 339 g/mol. The van der Waals surface area contributed by atoms with Gasteiger partial charge in [0.2, 0.25) is 0 Å². The highest BCUT2D eigenvalue weighted by molar-refractivity contribution is 9.10. The number of rotatable bonds is 4. The number of halogens is 2. The molecule has 0 aromatic heterocycles. The van der Waals surface area contributed by atoms with Crippen molar-refractivity contribution in [2.45, 2.75) is 19.9 Å². The SMILES string of the molecule is CCNC(c1ccc(C)cc1)c1cccc(Br)c1Cl. The Morgan fingerprint density at radius 2 is 1.84 bits per heavy atom. The molecule has 0 aliphatic rings. The average Bonchev–Trinajstić information content (AvgIpc) is 2.41. The third-order valence-corrected chi connectivity index (χ3v) is 4.42. The number of hydrogen-bond acceptors (Lipinski definition) is 1. The van der Waals surface area contributed by atoms with Crippen molar-refractivity contribution in [1.82, 2.24) is 5.32 Å². The van der Waals surface area contributed by atoms with Gasteiger partial charge in [0.1, 0.15) is 0 Å². The van der Waals surface area contributed by atoms with Crippen molar-refractivity contribution in [3.63, 3.8) is 0 Å². The van der Waals surface area contributed by atoms with Crippen LogP contribution in [0.2, 0.25) is 5.02 Å². The van der Waals surface area contributed by atoms with Gasteiger partial charge in [0, 0.05) is 4.47 Å². The molecule has 3 heteroatoms. The molecule has 2 aromatic carbocycles. The molecule has 0 saturated carbocycles. The smallest absolute Gasteiger partial charge is 0.0599 e. The lowest BCUT2D eigenvalue weighted by molar-refractivity contribution is 0.630. The first-order valence-electron chi connectivity index (χ1n) is 6.37. The highest BCUT2D eigenvalue weighted by Gasteiger charge is 2.17. The molecule has 0 aliphatic heterocycles. The zero-order valence-corrected chi connectivity index (χ0v) is 13.4. The van der Waals surface area contributed by atoms with Gasteiger partial charge >= 0.3 is 0 Å². The molecular weight excluding hydrogens is 322 g/mol. The van der Waals surface area contributed by atoms with Gasteiger partial charge in [0.15, 0.2) is 0 Å². The maximum atomic E-state index is 6.42. The Kier molecular flexibility index (Phi) is 5.03. The van der Waals surface area contributed by atoms with E-state index in [2.05, 4.69) is 65.4 Å². The zero-order chi connectivity index (χ0) is 13.8. The molecular formula is C16H17BrClN. The second kappa shape index (κ2) is 6.56. The largest absolute Gasteiger partial charge is 0.306 e.